The normalized spacial score (nSPS) is 23.0. The lowest BCUT2D eigenvalue weighted by molar-refractivity contribution is -0.220. The van der Waals surface area contributed by atoms with Crippen molar-refractivity contribution in [1.29, 1.82) is 0 Å². The number of methoxy groups -OCH3 is 1. The quantitative estimate of drug-likeness (QED) is 0.518. The number of piperidine rings is 1. The van der Waals surface area contributed by atoms with Gasteiger partial charge in [-0.3, -0.25) is 0 Å². The summed E-state index contributed by atoms with van der Waals surface area (Å²) >= 11 is 0. The third kappa shape index (κ3) is 6.81. The van der Waals surface area contributed by atoms with Crippen LogP contribution >= 0.6 is 0 Å². The van der Waals surface area contributed by atoms with E-state index in [2.05, 4.69) is 4.72 Å². The summed E-state index contributed by atoms with van der Waals surface area (Å²) in [5.74, 6) is 0.613. The Morgan fingerprint density at radius 2 is 1.89 bits per heavy atom. The highest BCUT2D eigenvalue weighted by molar-refractivity contribution is 7.90. The minimum atomic E-state index is -4.78. The molecule has 0 aromatic heterocycles. The molecule has 9 nitrogen and oxygen atoms in total. The third-order valence-corrected chi connectivity index (χ3v) is 8.75. The first-order valence-electron chi connectivity index (χ1n) is 11.9. The summed E-state index contributed by atoms with van der Waals surface area (Å²) in [6.07, 6.45) is -5.69. The van der Waals surface area contributed by atoms with E-state index in [0.29, 0.717) is 43.4 Å². The number of halogens is 3. The van der Waals surface area contributed by atoms with Gasteiger partial charge in [-0.1, -0.05) is 12.1 Å². The standard InChI is InChI=1S/C23H31F3N2O7S/c1-32-18-4-2-16(3-5-18)13-33-15-20(23(24,25)26)35-21(29)28-10-8-22(9-11-28)12-17(14-34-22)27-36(30,31)19-6-7-19/h2-5,17,19-20,27H,6-15H2,1H3. The number of carbonyl (C=O) groups excluding carboxylic acids is 1. The number of alkyl halides is 3. The number of nitrogens with one attached hydrogen (secondary N) is 1. The summed E-state index contributed by atoms with van der Waals surface area (Å²) in [6, 6.07) is 6.34. The van der Waals surface area contributed by atoms with E-state index < -0.39 is 40.6 Å². The zero-order valence-corrected chi connectivity index (χ0v) is 20.8. The third-order valence-electron chi connectivity index (χ3n) is 6.74. The second kappa shape index (κ2) is 10.7. The second-order valence-corrected chi connectivity index (χ2v) is 11.5. The second-order valence-electron chi connectivity index (χ2n) is 9.52. The number of sulfonamides is 1. The molecule has 202 valence electrons. The molecular weight excluding hydrogens is 505 g/mol. The molecule has 2 heterocycles. The molecule has 36 heavy (non-hydrogen) atoms. The fourth-order valence-corrected chi connectivity index (χ4v) is 6.03. The van der Waals surface area contributed by atoms with Crippen LogP contribution in [-0.2, 0) is 30.8 Å². The molecule has 1 saturated carbocycles. The number of rotatable bonds is 9. The molecule has 1 aromatic carbocycles. The molecule has 0 radical (unpaired) electrons. The van der Waals surface area contributed by atoms with Gasteiger partial charge in [-0.2, -0.15) is 13.2 Å². The fraction of sp³-hybridized carbons (Fsp3) is 0.696. The van der Waals surface area contributed by atoms with Gasteiger partial charge >= 0.3 is 12.3 Å². The molecule has 1 aromatic rings. The molecule has 1 aliphatic carbocycles. The van der Waals surface area contributed by atoms with Gasteiger partial charge < -0.3 is 23.8 Å². The molecule has 2 aliphatic heterocycles. The lowest BCUT2D eigenvalue weighted by atomic mass is 9.88. The highest BCUT2D eigenvalue weighted by Gasteiger charge is 2.48. The van der Waals surface area contributed by atoms with Gasteiger partial charge in [-0.25, -0.2) is 17.9 Å². The van der Waals surface area contributed by atoms with Gasteiger partial charge in [0.25, 0.3) is 0 Å². The molecule has 3 aliphatic rings. The first-order chi connectivity index (χ1) is 17.0. The van der Waals surface area contributed by atoms with Crippen molar-refractivity contribution in [2.45, 2.75) is 67.9 Å². The largest absolute Gasteiger partial charge is 0.497 e. The number of likely N-dealkylation sites (tertiary alicyclic amines) is 1. The minimum Gasteiger partial charge on any atom is -0.497 e. The summed E-state index contributed by atoms with van der Waals surface area (Å²) in [5, 5.41) is -0.326. The highest BCUT2D eigenvalue weighted by atomic mass is 32.2. The van der Waals surface area contributed by atoms with Crippen LogP contribution in [0.4, 0.5) is 18.0 Å². The van der Waals surface area contributed by atoms with Gasteiger partial charge in [0.1, 0.15) is 5.75 Å². The summed E-state index contributed by atoms with van der Waals surface area (Å²) < 4.78 is 88.4. The lowest BCUT2D eigenvalue weighted by Gasteiger charge is -2.38. The van der Waals surface area contributed by atoms with Gasteiger partial charge in [0.15, 0.2) is 0 Å². The average Bonchev–Trinajstić information content (AvgIpc) is 3.63. The predicted octanol–water partition coefficient (Wildman–Crippen LogP) is 2.98. The van der Waals surface area contributed by atoms with Crippen LogP contribution in [0.3, 0.4) is 0 Å². The molecule has 1 N–H and O–H groups in total. The average molecular weight is 537 g/mol. The van der Waals surface area contributed by atoms with Crippen LogP contribution in [0.5, 0.6) is 5.75 Å². The maximum Gasteiger partial charge on any atom is 0.427 e. The van der Waals surface area contributed by atoms with E-state index >= 15 is 0 Å². The first kappa shape index (κ1) is 27.0. The smallest absolute Gasteiger partial charge is 0.427 e. The molecule has 13 heteroatoms. The lowest BCUT2D eigenvalue weighted by Crippen LogP contribution is -2.49. The molecule has 3 fully saturated rings. The van der Waals surface area contributed by atoms with Crippen LogP contribution < -0.4 is 9.46 Å². The van der Waals surface area contributed by atoms with Crippen molar-refractivity contribution >= 4 is 16.1 Å². The van der Waals surface area contributed by atoms with Crippen molar-refractivity contribution in [2.75, 3.05) is 33.4 Å². The Morgan fingerprint density at radius 3 is 2.47 bits per heavy atom. The van der Waals surface area contributed by atoms with Crippen molar-refractivity contribution in [3.63, 3.8) is 0 Å². The van der Waals surface area contributed by atoms with Crippen molar-refractivity contribution in [2.24, 2.45) is 0 Å². The topological polar surface area (TPSA) is 103 Å². The molecule has 2 atom stereocenters. The van der Waals surface area contributed by atoms with E-state index in [4.69, 9.17) is 18.9 Å². The van der Waals surface area contributed by atoms with E-state index in [1.165, 1.54) is 12.0 Å². The summed E-state index contributed by atoms with van der Waals surface area (Å²) in [6.45, 7) is -0.372. The molecule has 0 bridgehead atoms. The highest BCUT2D eigenvalue weighted by Crippen LogP contribution is 2.37. The number of carbonyl (C=O) groups is 1. The number of benzene rings is 1. The van der Waals surface area contributed by atoms with Crippen LogP contribution in [0.2, 0.25) is 0 Å². The molecule has 2 unspecified atom stereocenters. The summed E-state index contributed by atoms with van der Waals surface area (Å²) in [7, 11) is -1.84. The summed E-state index contributed by atoms with van der Waals surface area (Å²) in [5.41, 5.74) is 0.0528. The van der Waals surface area contributed by atoms with Crippen LogP contribution in [0.25, 0.3) is 0 Å². The minimum absolute atomic E-state index is 0.0800. The zero-order valence-electron chi connectivity index (χ0n) is 20.0. The Hall–Kier alpha value is -2.09. The van der Waals surface area contributed by atoms with Crippen molar-refractivity contribution in [3.8, 4) is 5.75 Å². The van der Waals surface area contributed by atoms with Gasteiger partial charge in [0.05, 0.1) is 37.8 Å². The Labute approximate surface area is 208 Å². The van der Waals surface area contributed by atoms with E-state index in [1.54, 1.807) is 24.3 Å². The molecule has 1 amide bonds. The van der Waals surface area contributed by atoms with Crippen LogP contribution in [-0.4, -0.2) is 82.0 Å². The number of ether oxygens (including phenoxy) is 4. The maximum atomic E-state index is 13.5. The van der Waals surface area contributed by atoms with Gasteiger partial charge in [0, 0.05) is 19.1 Å². The SMILES string of the molecule is COc1ccc(COCC(OC(=O)N2CCC3(CC2)CC(NS(=O)(=O)C2CC2)CO3)C(F)(F)F)cc1. The Kier molecular flexibility index (Phi) is 8.03. The van der Waals surface area contributed by atoms with Gasteiger partial charge in [0.2, 0.25) is 16.1 Å². The monoisotopic (exact) mass is 536 g/mol. The van der Waals surface area contributed by atoms with Crippen molar-refractivity contribution < 1.29 is 45.3 Å². The molecular formula is C23H31F3N2O7S. The van der Waals surface area contributed by atoms with Crippen LogP contribution in [0.1, 0.15) is 37.7 Å². The first-order valence-corrected chi connectivity index (χ1v) is 13.4. The summed E-state index contributed by atoms with van der Waals surface area (Å²) in [4.78, 5) is 13.7. The van der Waals surface area contributed by atoms with Crippen molar-refractivity contribution in [3.05, 3.63) is 29.8 Å². The van der Waals surface area contributed by atoms with Crippen LogP contribution in [0, 0.1) is 0 Å². The van der Waals surface area contributed by atoms with Gasteiger partial charge in [-0.15, -0.1) is 0 Å². The Balaban J connectivity index is 1.24. The molecule has 1 spiro atoms. The molecule has 4 rings (SSSR count). The van der Waals surface area contributed by atoms with E-state index in [1.807, 2.05) is 0 Å². The Morgan fingerprint density at radius 1 is 1.22 bits per heavy atom. The number of hydrogen-bond donors (Lipinski definition) is 1. The zero-order chi connectivity index (χ0) is 26.0. The molecule has 2 saturated heterocycles. The van der Waals surface area contributed by atoms with Crippen molar-refractivity contribution in [1.82, 2.24) is 9.62 Å². The van der Waals surface area contributed by atoms with Crippen LogP contribution in [0.15, 0.2) is 24.3 Å². The fourth-order valence-electron chi connectivity index (χ4n) is 4.47. The number of amides is 1. The van der Waals surface area contributed by atoms with E-state index in [-0.39, 0.29) is 37.6 Å². The number of nitrogens with zero attached hydrogens (tertiary/aromatic N) is 1. The van der Waals surface area contributed by atoms with E-state index in [9.17, 15) is 26.4 Å². The Bertz CT molecular complexity index is 1010. The predicted molar refractivity (Wildman–Crippen MR) is 122 cm³/mol. The number of hydrogen-bond acceptors (Lipinski definition) is 7. The van der Waals surface area contributed by atoms with E-state index in [0.717, 1.165) is 0 Å². The van der Waals surface area contributed by atoms with Gasteiger partial charge in [-0.05, 0) is 49.8 Å². The maximum absolute atomic E-state index is 13.5.